The summed E-state index contributed by atoms with van der Waals surface area (Å²) in [5, 5.41) is 0. The molecular weight excluding hydrogens is 258 g/mol. The SMILES string of the molecule is COc1cc(N2C[C@H](N)C[C@H](N)C2)cc(OC)c1OC. The number of nitrogens with two attached hydrogens (primary N) is 2. The third-order valence-electron chi connectivity index (χ3n) is 3.53. The summed E-state index contributed by atoms with van der Waals surface area (Å²) in [6, 6.07) is 4.01. The summed E-state index contributed by atoms with van der Waals surface area (Å²) in [6.45, 7) is 1.54. The number of ether oxygens (including phenoxy) is 3. The highest BCUT2D eigenvalue weighted by molar-refractivity contribution is 5.64. The van der Waals surface area contributed by atoms with Gasteiger partial charge in [0.25, 0.3) is 0 Å². The number of anilines is 1. The molecule has 1 aromatic rings. The molecule has 1 aliphatic heterocycles. The van der Waals surface area contributed by atoms with E-state index in [1.807, 2.05) is 12.1 Å². The van der Waals surface area contributed by atoms with E-state index in [1.54, 1.807) is 21.3 Å². The lowest BCUT2D eigenvalue weighted by atomic mass is 10.0. The Bertz CT molecular complexity index is 432. The molecule has 0 saturated carbocycles. The van der Waals surface area contributed by atoms with Crippen LogP contribution < -0.4 is 30.6 Å². The van der Waals surface area contributed by atoms with Crippen LogP contribution in [0.4, 0.5) is 5.69 Å². The summed E-state index contributed by atoms with van der Waals surface area (Å²) in [4.78, 5) is 2.16. The first kappa shape index (κ1) is 14.7. The van der Waals surface area contributed by atoms with E-state index in [0.717, 1.165) is 25.2 Å². The zero-order valence-electron chi connectivity index (χ0n) is 12.3. The largest absolute Gasteiger partial charge is 0.493 e. The highest BCUT2D eigenvalue weighted by atomic mass is 16.5. The van der Waals surface area contributed by atoms with Crippen molar-refractivity contribution in [3.63, 3.8) is 0 Å². The molecule has 0 bridgehead atoms. The Morgan fingerprint density at radius 3 is 1.85 bits per heavy atom. The molecular formula is C14H23N3O3. The van der Waals surface area contributed by atoms with E-state index in [4.69, 9.17) is 25.7 Å². The number of hydrogen-bond acceptors (Lipinski definition) is 6. The summed E-state index contributed by atoms with van der Waals surface area (Å²) < 4.78 is 16.1. The Kier molecular flexibility index (Phi) is 4.57. The van der Waals surface area contributed by atoms with Crippen LogP contribution in [0.5, 0.6) is 17.2 Å². The topological polar surface area (TPSA) is 83.0 Å². The third-order valence-corrected chi connectivity index (χ3v) is 3.53. The Hall–Kier alpha value is -1.66. The molecule has 1 aromatic carbocycles. The number of piperidine rings is 1. The number of benzene rings is 1. The van der Waals surface area contributed by atoms with Crippen LogP contribution >= 0.6 is 0 Å². The zero-order chi connectivity index (χ0) is 14.7. The van der Waals surface area contributed by atoms with Gasteiger partial charge in [0.2, 0.25) is 5.75 Å². The Labute approximate surface area is 119 Å². The van der Waals surface area contributed by atoms with Crippen LogP contribution in [0.3, 0.4) is 0 Å². The van der Waals surface area contributed by atoms with Gasteiger partial charge in [-0.3, -0.25) is 0 Å². The summed E-state index contributed by atoms with van der Waals surface area (Å²) in [7, 11) is 4.80. The summed E-state index contributed by atoms with van der Waals surface area (Å²) in [5.74, 6) is 1.86. The van der Waals surface area contributed by atoms with E-state index in [0.29, 0.717) is 17.2 Å². The molecule has 0 aromatic heterocycles. The van der Waals surface area contributed by atoms with Gasteiger partial charge in [-0.1, -0.05) is 0 Å². The van der Waals surface area contributed by atoms with Gasteiger partial charge in [-0.05, 0) is 6.42 Å². The van der Waals surface area contributed by atoms with Crippen molar-refractivity contribution in [3.05, 3.63) is 12.1 Å². The molecule has 6 nitrogen and oxygen atoms in total. The second kappa shape index (κ2) is 6.19. The summed E-state index contributed by atoms with van der Waals surface area (Å²) in [5.41, 5.74) is 13.1. The molecule has 20 heavy (non-hydrogen) atoms. The van der Waals surface area contributed by atoms with Crippen molar-refractivity contribution in [2.45, 2.75) is 18.5 Å². The lowest BCUT2D eigenvalue weighted by Crippen LogP contribution is -2.52. The first-order chi connectivity index (χ1) is 9.58. The Morgan fingerprint density at radius 2 is 1.45 bits per heavy atom. The number of hydrogen-bond donors (Lipinski definition) is 2. The predicted molar refractivity (Wildman–Crippen MR) is 78.9 cm³/mol. The molecule has 1 aliphatic rings. The van der Waals surface area contributed by atoms with Gasteiger partial charge in [-0.15, -0.1) is 0 Å². The van der Waals surface area contributed by atoms with Crippen LogP contribution in [0.25, 0.3) is 0 Å². The van der Waals surface area contributed by atoms with E-state index < -0.39 is 0 Å². The van der Waals surface area contributed by atoms with E-state index in [1.165, 1.54) is 0 Å². The highest BCUT2D eigenvalue weighted by Crippen LogP contribution is 2.41. The van der Waals surface area contributed by atoms with Crippen LogP contribution in [0, 0.1) is 0 Å². The van der Waals surface area contributed by atoms with Gasteiger partial charge in [-0.25, -0.2) is 0 Å². The van der Waals surface area contributed by atoms with Gasteiger partial charge in [-0.2, -0.15) is 0 Å². The highest BCUT2D eigenvalue weighted by Gasteiger charge is 2.24. The molecule has 4 N–H and O–H groups in total. The Morgan fingerprint density at radius 1 is 0.950 bits per heavy atom. The number of nitrogens with zero attached hydrogens (tertiary/aromatic N) is 1. The maximum Gasteiger partial charge on any atom is 0.203 e. The zero-order valence-corrected chi connectivity index (χ0v) is 12.3. The normalized spacial score (nSPS) is 22.6. The molecule has 0 spiro atoms. The molecule has 1 saturated heterocycles. The summed E-state index contributed by atoms with van der Waals surface area (Å²) in [6.07, 6.45) is 0.848. The van der Waals surface area contributed by atoms with E-state index in [9.17, 15) is 0 Å². The molecule has 2 atom stereocenters. The first-order valence-corrected chi connectivity index (χ1v) is 6.65. The fourth-order valence-corrected chi connectivity index (χ4v) is 2.64. The van der Waals surface area contributed by atoms with Crippen molar-refractivity contribution in [2.75, 3.05) is 39.3 Å². The minimum Gasteiger partial charge on any atom is -0.493 e. The average Bonchev–Trinajstić information content (AvgIpc) is 2.44. The van der Waals surface area contributed by atoms with Crippen molar-refractivity contribution < 1.29 is 14.2 Å². The second-order valence-electron chi connectivity index (χ2n) is 5.04. The fourth-order valence-electron chi connectivity index (χ4n) is 2.64. The molecule has 6 heteroatoms. The second-order valence-corrected chi connectivity index (χ2v) is 5.04. The van der Waals surface area contributed by atoms with Gasteiger partial charge >= 0.3 is 0 Å². The van der Waals surface area contributed by atoms with Crippen LogP contribution in [0.15, 0.2) is 12.1 Å². The van der Waals surface area contributed by atoms with Crippen LogP contribution in [0.2, 0.25) is 0 Å². The average molecular weight is 281 g/mol. The maximum atomic E-state index is 6.04. The van der Waals surface area contributed by atoms with E-state index in [2.05, 4.69) is 4.90 Å². The van der Waals surface area contributed by atoms with E-state index >= 15 is 0 Å². The molecule has 1 fully saturated rings. The molecule has 0 radical (unpaired) electrons. The molecule has 0 aliphatic carbocycles. The van der Waals surface area contributed by atoms with Crippen LogP contribution in [-0.2, 0) is 0 Å². The fraction of sp³-hybridized carbons (Fsp3) is 0.571. The van der Waals surface area contributed by atoms with Gasteiger partial charge in [0.15, 0.2) is 11.5 Å². The molecule has 0 amide bonds. The molecule has 112 valence electrons. The Balaban J connectivity index is 2.36. The first-order valence-electron chi connectivity index (χ1n) is 6.65. The molecule has 2 rings (SSSR count). The van der Waals surface area contributed by atoms with E-state index in [-0.39, 0.29) is 12.1 Å². The number of rotatable bonds is 4. The molecule has 0 unspecified atom stereocenters. The summed E-state index contributed by atoms with van der Waals surface area (Å²) >= 11 is 0. The molecule has 1 heterocycles. The minimum absolute atomic E-state index is 0.0813. The van der Waals surface area contributed by atoms with Crippen molar-refractivity contribution in [1.29, 1.82) is 0 Å². The maximum absolute atomic E-state index is 6.04. The smallest absolute Gasteiger partial charge is 0.203 e. The monoisotopic (exact) mass is 281 g/mol. The van der Waals surface area contributed by atoms with Crippen molar-refractivity contribution in [2.24, 2.45) is 11.5 Å². The quantitative estimate of drug-likeness (QED) is 0.840. The lowest BCUT2D eigenvalue weighted by molar-refractivity contribution is 0.324. The number of methoxy groups -OCH3 is 3. The van der Waals surface area contributed by atoms with Crippen LogP contribution in [-0.4, -0.2) is 46.5 Å². The van der Waals surface area contributed by atoms with Gasteiger partial charge in [0.1, 0.15) is 0 Å². The van der Waals surface area contributed by atoms with Crippen molar-refractivity contribution in [3.8, 4) is 17.2 Å². The predicted octanol–water partition coefficient (Wildman–Crippen LogP) is 0.577. The standard InChI is InChI=1S/C14H23N3O3/c1-18-12-5-11(6-13(19-2)14(12)20-3)17-7-9(15)4-10(16)8-17/h5-6,9-10H,4,7-8,15-16H2,1-3H3/t9-,10+. The van der Waals surface area contributed by atoms with Crippen molar-refractivity contribution >= 4 is 5.69 Å². The van der Waals surface area contributed by atoms with Gasteiger partial charge in [0, 0.05) is 43.0 Å². The van der Waals surface area contributed by atoms with Gasteiger partial charge < -0.3 is 30.6 Å². The minimum atomic E-state index is 0.0813. The van der Waals surface area contributed by atoms with Crippen molar-refractivity contribution in [1.82, 2.24) is 0 Å². The third kappa shape index (κ3) is 2.91. The van der Waals surface area contributed by atoms with Gasteiger partial charge in [0.05, 0.1) is 21.3 Å². The lowest BCUT2D eigenvalue weighted by Gasteiger charge is -2.36. The van der Waals surface area contributed by atoms with Crippen LogP contribution in [0.1, 0.15) is 6.42 Å².